The van der Waals surface area contributed by atoms with Crippen molar-refractivity contribution >= 4 is 21.9 Å². The summed E-state index contributed by atoms with van der Waals surface area (Å²) in [6.07, 6.45) is -0.753. The summed E-state index contributed by atoms with van der Waals surface area (Å²) in [6, 6.07) is 1.85. The van der Waals surface area contributed by atoms with E-state index in [4.69, 9.17) is 15.0 Å². The lowest BCUT2D eigenvalue weighted by atomic mass is 10.2. The number of ether oxygens (including phenoxy) is 2. The summed E-state index contributed by atoms with van der Waals surface area (Å²) in [4.78, 5) is 13.6. The highest BCUT2D eigenvalue weighted by molar-refractivity contribution is 9.09. The maximum atomic E-state index is 13.0. The normalized spacial score (nSPS) is 13.0. The Morgan fingerprint density at radius 1 is 1.43 bits per heavy atom. The highest BCUT2D eigenvalue weighted by Crippen LogP contribution is 2.17. The summed E-state index contributed by atoms with van der Waals surface area (Å²) in [5.74, 6) is -2.18. The van der Waals surface area contributed by atoms with Crippen molar-refractivity contribution in [3.05, 3.63) is 40.3 Å². The monoisotopic (exact) mass is 363 g/mol. The number of rotatable bonds is 7. The second kappa shape index (κ2) is 8.43. The molecule has 0 amide bonds. The van der Waals surface area contributed by atoms with E-state index in [2.05, 4.69) is 26.0 Å². The van der Waals surface area contributed by atoms with Crippen molar-refractivity contribution in [2.75, 3.05) is 11.9 Å². The molecule has 9 heteroatoms. The lowest BCUT2D eigenvalue weighted by Gasteiger charge is -2.21. The van der Waals surface area contributed by atoms with Crippen LogP contribution in [-0.4, -0.2) is 30.1 Å². The summed E-state index contributed by atoms with van der Waals surface area (Å²) in [6.45, 7) is 1.02. The summed E-state index contributed by atoms with van der Waals surface area (Å²) in [5.41, 5.74) is 8.53. The molecule has 6 nitrogen and oxygen atoms in total. The zero-order valence-corrected chi connectivity index (χ0v) is 12.6. The first-order chi connectivity index (χ1) is 9.96. The van der Waals surface area contributed by atoms with Crippen LogP contribution in [0.15, 0.2) is 23.3 Å². The minimum Gasteiger partial charge on any atom is -0.493 e. The van der Waals surface area contributed by atoms with Gasteiger partial charge in [-0.2, -0.15) is 0 Å². The molecule has 0 N–H and O–H groups in total. The second-order valence-corrected chi connectivity index (χ2v) is 4.64. The number of alkyl halides is 1. The highest BCUT2D eigenvalue weighted by atomic mass is 79.9. The second-order valence-electron chi connectivity index (χ2n) is 3.99. The van der Waals surface area contributed by atoms with Gasteiger partial charge in [0.2, 0.25) is 0 Å². The Hall–Kier alpha value is -1.86. The number of hydrogen-bond donors (Lipinski definition) is 0. The third-order valence-electron chi connectivity index (χ3n) is 2.36. The van der Waals surface area contributed by atoms with Crippen LogP contribution in [0.4, 0.5) is 8.78 Å². The molecule has 1 aromatic carbocycles. The minimum absolute atomic E-state index is 0.0539. The Morgan fingerprint density at radius 2 is 2.05 bits per heavy atom. The molecule has 0 bridgehead atoms. The van der Waals surface area contributed by atoms with E-state index in [0.29, 0.717) is 6.07 Å². The van der Waals surface area contributed by atoms with Gasteiger partial charge in [-0.3, -0.25) is 4.79 Å². The number of carbonyl (C=O) groups excluding carboxylic acids is 1. The first kappa shape index (κ1) is 17.2. The fraction of sp³-hybridized carbons (Fsp3) is 0.417. The number of benzene rings is 1. The van der Waals surface area contributed by atoms with Crippen LogP contribution in [0.5, 0.6) is 5.75 Å². The van der Waals surface area contributed by atoms with Gasteiger partial charge in [0, 0.05) is 35.4 Å². The largest absolute Gasteiger partial charge is 0.493 e. The molecule has 0 heterocycles. The molecule has 0 aromatic heterocycles. The van der Waals surface area contributed by atoms with Crippen molar-refractivity contribution in [1.29, 1.82) is 0 Å². The quantitative estimate of drug-likeness (QED) is 0.245. The Labute approximate surface area is 127 Å². The summed E-state index contributed by atoms with van der Waals surface area (Å²) in [7, 11) is 0. The molecule has 0 aliphatic heterocycles. The van der Waals surface area contributed by atoms with Crippen molar-refractivity contribution < 1.29 is 23.0 Å². The molecule has 0 radical (unpaired) electrons. The van der Waals surface area contributed by atoms with E-state index in [0.717, 1.165) is 12.1 Å². The SMILES string of the molecule is CC(=O)OC(CBr)C(COc1cc(F)cc(F)c1)N=[N+]=[N-]. The molecule has 2 atom stereocenters. The van der Waals surface area contributed by atoms with Crippen LogP contribution in [0.3, 0.4) is 0 Å². The number of azide groups is 1. The van der Waals surface area contributed by atoms with Crippen LogP contribution in [-0.2, 0) is 9.53 Å². The van der Waals surface area contributed by atoms with E-state index < -0.39 is 29.7 Å². The Balaban J connectivity index is 2.78. The van der Waals surface area contributed by atoms with E-state index >= 15 is 0 Å². The smallest absolute Gasteiger partial charge is 0.302 e. The average Bonchev–Trinajstić information content (AvgIpc) is 2.39. The van der Waals surface area contributed by atoms with Crippen molar-refractivity contribution in [3.8, 4) is 5.75 Å². The number of esters is 1. The minimum atomic E-state index is -0.843. The Morgan fingerprint density at radius 3 is 2.52 bits per heavy atom. The first-order valence-corrected chi connectivity index (χ1v) is 6.94. The number of hydrogen-bond acceptors (Lipinski definition) is 4. The summed E-state index contributed by atoms with van der Waals surface area (Å²) in [5, 5.41) is 3.69. The molecular formula is C12H12BrF2N3O3. The summed E-state index contributed by atoms with van der Waals surface area (Å²) < 4.78 is 36.2. The number of halogens is 3. The highest BCUT2D eigenvalue weighted by Gasteiger charge is 2.23. The van der Waals surface area contributed by atoms with Crippen LogP contribution in [0.1, 0.15) is 6.92 Å². The standard InChI is InChI=1S/C12H12BrF2N3O3/c1-7(19)21-12(5-13)11(17-18-16)6-20-10-3-8(14)2-9(15)4-10/h2-4,11-12H,5-6H2,1H3. The Kier molecular flexibility index (Phi) is 6.90. The van der Waals surface area contributed by atoms with E-state index in [1.807, 2.05) is 0 Å². The van der Waals surface area contributed by atoms with Gasteiger partial charge in [-0.25, -0.2) is 8.78 Å². The van der Waals surface area contributed by atoms with Gasteiger partial charge >= 0.3 is 5.97 Å². The number of carbonyl (C=O) groups is 1. The topological polar surface area (TPSA) is 84.3 Å². The molecule has 21 heavy (non-hydrogen) atoms. The van der Waals surface area contributed by atoms with Gasteiger partial charge in [0.1, 0.15) is 36.1 Å². The van der Waals surface area contributed by atoms with Crippen LogP contribution in [0.2, 0.25) is 0 Å². The van der Waals surface area contributed by atoms with Crippen molar-refractivity contribution in [3.63, 3.8) is 0 Å². The molecule has 0 saturated carbocycles. The lowest BCUT2D eigenvalue weighted by molar-refractivity contribution is -0.146. The van der Waals surface area contributed by atoms with Crippen LogP contribution < -0.4 is 4.74 Å². The van der Waals surface area contributed by atoms with E-state index in [-0.39, 0.29) is 17.7 Å². The zero-order valence-electron chi connectivity index (χ0n) is 11.0. The van der Waals surface area contributed by atoms with E-state index in [1.165, 1.54) is 6.92 Å². The predicted molar refractivity (Wildman–Crippen MR) is 74.1 cm³/mol. The van der Waals surface area contributed by atoms with Gasteiger partial charge in [-0.05, 0) is 5.53 Å². The third kappa shape index (κ3) is 5.97. The average molecular weight is 364 g/mol. The van der Waals surface area contributed by atoms with Crippen LogP contribution in [0.25, 0.3) is 10.4 Å². The van der Waals surface area contributed by atoms with Crippen molar-refractivity contribution in [2.24, 2.45) is 5.11 Å². The predicted octanol–water partition coefficient (Wildman–Crippen LogP) is 3.35. The zero-order chi connectivity index (χ0) is 15.8. The van der Waals surface area contributed by atoms with E-state index in [9.17, 15) is 13.6 Å². The maximum Gasteiger partial charge on any atom is 0.302 e. The van der Waals surface area contributed by atoms with Gasteiger partial charge in [-0.1, -0.05) is 21.0 Å². The van der Waals surface area contributed by atoms with Crippen LogP contribution in [0, 0.1) is 11.6 Å². The molecular weight excluding hydrogens is 352 g/mol. The molecule has 0 spiro atoms. The first-order valence-electron chi connectivity index (χ1n) is 5.82. The maximum absolute atomic E-state index is 13.0. The fourth-order valence-electron chi connectivity index (χ4n) is 1.50. The molecule has 2 unspecified atom stereocenters. The van der Waals surface area contributed by atoms with Gasteiger partial charge in [-0.15, -0.1) is 0 Å². The molecule has 0 aliphatic carbocycles. The van der Waals surface area contributed by atoms with Gasteiger partial charge in [0.25, 0.3) is 0 Å². The number of nitrogens with zero attached hydrogens (tertiary/aromatic N) is 3. The van der Waals surface area contributed by atoms with Crippen LogP contribution >= 0.6 is 15.9 Å². The van der Waals surface area contributed by atoms with Gasteiger partial charge in [0.15, 0.2) is 0 Å². The molecule has 0 fully saturated rings. The van der Waals surface area contributed by atoms with Gasteiger partial charge < -0.3 is 9.47 Å². The lowest BCUT2D eigenvalue weighted by Crippen LogP contribution is -2.35. The molecule has 114 valence electrons. The molecule has 0 aliphatic rings. The molecule has 1 rings (SSSR count). The third-order valence-corrected chi connectivity index (χ3v) is 2.99. The van der Waals surface area contributed by atoms with Crippen molar-refractivity contribution in [1.82, 2.24) is 0 Å². The molecule has 0 saturated heterocycles. The van der Waals surface area contributed by atoms with E-state index in [1.54, 1.807) is 0 Å². The summed E-state index contributed by atoms with van der Waals surface area (Å²) >= 11 is 3.13. The Bertz CT molecular complexity index is 532. The van der Waals surface area contributed by atoms with Crippen molar-refractivity contribution in [2.45, 2.75) is 19.1 Å². The fourth-order valence-corrected chi connectivity index (χ4v) is 2.06. The molecule has 1 aromatic rings. The van der Waals surface area contributed by atoms with Gasteiger partial charge in [0.05, 0.1) is 0 Å².